The SMILES string of the molecule is Cc1nc2cc(-c3ccoc3C)nn2c(N2CC[C@@]3(O)CCCC[C@@H]3C2)c1C. The van der Waals surface area contributed by atoms with Crippen molar-refractivity contribution in [3.05, 3.63) is 35.4 Å². The van der Waals surface area contributed by atoms with Crippen LogP contribution in [0, 0.1) is 26.7 Å². The zero-order valence-electron chi connectivity index (χ0n) is 16.9. The lowest BCUT2D eigenvalue weighted by Crippen LogP contribution is -2.54. The third kappa shape index (κ3) is 2.65. The third-order valence-corrected chi connectivity index (χ3v) is 6.91. The number of aryl methyl sites for hydroxylation is 2. The smallest absolute Gasteiger partial charge is 0.158 e. The molecule has 0 unspecified atom stereocenters. The van der Waals surface area contributed by atoms with Crippen LogP contribution in [0.5, 0.6) is 0 Å². The molecule has 0 spiro atoms. The molecule has 2 aliphatic rings. The second-order valence-electron chi connectivity index (χ2n) is 8.58. The first-order chi connectivity index (χ1) is 13.5. The van der Waals surface area contributed by atoms with E-state index in [0.717, 1.165) is 78.5 Å². The fourth-order valence-corrected chi connectivity index (χ4v) is 5.10. The molecular formula is C22H28N4O2. The molecule has 6 heteroatoms. The van der Waals surface area contributed by atoms with Gasteiger partial charge in [-0.3, -0.25) is 0 Å². The van der Waals surface area contributed by atoms with Crippen molar-refractivity contribution < 1.29 is 9.52 Å². The van der Waals surface area contributed by atoms with Crippen molar-refractivity contribution in [2.45, 2.75) is 58.5 Å². The van der Waals surface area contributed by atoms with E-state index < -0.39 is 5.60 Å². The number of fused-ring (bicyclic) bond motifs is 2. The predicted octanol–water partition coefficient (Wildman–Crippen LogP) is 4.05. The highest BCUT2D eigenvalue weighted by Gasteiger charge is 2.43. The van der Waals surface area contributed by atoms with Crippen molar-refractivity contribution in [2.24, 2.45) is 5.92 Å². The molecule has 1 saturated carbocycles. The number of anilines is 1. The minimum absolute atomic E-state index is 0.337. The summed E-state index contributed by atoms with van der Waals surface area (Å²) in [6, 6.07) is 3.99. The van der Waals surface area contributed by atoms with Crippen LogP contribution >= 0.6 is 0 Å². The molecule has 1 saturated heterocycles. The Morgan fingerprint density at radius 2 is 2.07 bits per heavy atom. The minimum atomic E-state index is -0.479. The molecule has 2 atom stereocenters. The Hall–Kier alpha value is -2.34. The van der Waals surface area contributed by atoms with Crippen LogP contribution in [0.3, 0.4) is 0 Å². The number of aliphatic hydroxyl groups is 1. The molecule has 4 heterocycles. The molecule has 0 amide bonds. The Morgan fingerprint density at radius 1 is 1.21 bits per heavy atom. The van der Waals surface area contributed by atoms with Gasteiger partial charge in [0.15, 0.2) is 5.65 Å². The standard InChI is InChI=1S/C22H28N4O2/c1-14-15(2)23-20-12-19(18-7-11-28-16(18)3)24-26(20)21(14)25-10-9-22(27)8-5-4-6-17(22)13-25/h7,11-12,17,27H,4-6,8-10,13H2,1-3H3/t17-,22+/m1/s1. The highest BCUT2D eigenvalue weighted by molar-refractivity contribution is 5.68. The first kappa shape index (κ1) is 17.7. The van der Waals surface area contributed by atoms with E-state index in [1.807, 2.05) is 23.6 Å². The van der Waals surface area contributed by atoms with Gasteiger partial charge in [-0.25, -0.2) is 4.98 Å². The average molecular weight is 380 g/mol. The number of piperidine rings is 1. The zero-order chi connectivity index (χ0) is 19.5. The van der Waals surface area contributed by atoms with Crippen LogP contribution in [-0.4, -0.2) is 38.4 Å². The van der Waals surface area contributed by atoms with E-state index in [-0.39, 0.29) is 0 Å². The maximum Gasteiger partial charge on any atom is 0.158 e. The minimum Gasteiger partial charge on any atom is -0.469 e. The van der Waals surface area contributed by atoms with E-state index in [9.17, 15) is 5.11 Å². The summed E-state index contributed by atoms with van der Waals surface area (Å²) in [6.07, 6.45) is 6.95. The molecule has 2 fully saturated rings. The fourth-order valence-electron chi connectivity index (χ4n) is 5.10. The molecule has 1 aliphatic heterocycles. The number of aromatic nitrogens is 3. The van der Waals surface area contributed by atoms with Crippen LogP contribution in [0.15, 0.2) is 22.8 Å². The van der Waals surface area contributed by atoms with Crippen LogP contribution < -0.4 is 4.90 Å². The van der Waals surface area contributed by atoms with Crippen molar-refractivity contribution in [3.8, 4) is 11.3 Å². The van der Waals surface area contributed by atoms with Crippen LogP contribution in [0.2, 0.25) is 0 Å². The summed E-state index contributed by atoms with van der Waals surface area (Å²) in [5, 5.41) is 16.0. The summed E-state index contributed by atoms with van der Waals surface area (Å²) < 4.78 is 7.45. The third-order valence-electron chi connectivity index (χ3n) is 6.91. The van der Waals surface area contributed by atoms with Gasteiger partial charge in [0.05, 0.1) is 17.6 Å². The van der Waals surface area contributed by atoms with Gasteiger partial charge in [0, 0.05) is 41.9 Å². The number of nitrogens with zero attached hydrogens (tertiary/aromatic N) is 4. The average Bonchev–Trinajstić information content (AvgIpc) is 3.28. The number of hydrogen-bond acceptors (Lipinski definition) is 5. The Kier molecular flexibility index (Phi) is 4.02. The maximum absolute atomic E-state index is 11.1. The first-order valence-corrected chi connectivity index (χ1v) is 10.3. The van der Waals surface area contributed by atoms with Crippen molar-refractivity contribution in [2.75, 3.05) is 18.0 Å². The Labute approximate surface area is 165 Å². The molecular weight excluding hydrogens is 352 g/mol. The van der Waals surface area contributed by atoms with Crippen molar-refractivity contribution in [1.29, 1.82) is 0 Å². The van der Waals surface area contributed by atoms with Gasteiger partial charge < -0.3 is 14.4 Å². The van der Waals surface area contributed by atoms with Gasteiger partial charge in [-0.2, -0.15) is 9.61 Å². The van der Waals surface area contributed by atoms with Gasteiger partial charge in [-0.15, -0.1) is 0 Å². The largest absolute Gasteiger partial charge is 0.469 e. The molecule has 28 heavy (non-hydrogen) atoms. The summed E-state index contributed by atoms with van der Waals surface area (Å²) in [4.78, 5) is 7.20. The monoisotopic (exact) mass is 380 g/mol. The van der Waals surface area contributed by atoms with E-state index in [0.29, 0.717) is 5.92 Å². The second-order valence-corrected chi connectivity index (χ2v) is 8.58. The molecule has 0 aromatic carbocycles. The van der Waals surface area contributed by atoms with Gasteiger partial charge in [0.2, 0.25) is 0 Å². The lowest BCUT2D eigenvalue weighted by Gasteiger charge is -2.48. The highest BCUT2D eigenvalue weighted by Crippen LogP contribution is 2.41. The Balaban J connectivity index is 1.59. The molecule has 1 aliphatic carbocycles. The van der Waals surface area contributed by atoms with Gasteiger partial charge in [0.25, 0.3) is 0 Å². The van der Waals surface area contributed by atoms with Crippen molar-refractivity contribution in [3.63, 3.8) is 0 Å². The van der Waals surface area contributed by atoms with Crippen LogP contribution in [0.4, 0.5) is 5.82 Å². The van der Waals surface area contributed by atoms with Gasteiger partial charge >= 0.3 is 0 Å². The van der Waals surface area contributed by atoms with Crippen LogP contribution in [0.25, 0.3) is 16.9 Å². The number of rotatable bonds is 2. The van der Waals surface area contributed by atoms with Gasteiger partial charge in [-0.1, -0.05) is 12.8 Å². The quantitative estimate of drug-likeness (QED) is 0.727. The first-order valence-electron chi connectivity index (χ1n) is 10.3. The number of hydrogen-bond donors (Lipinski definition) is 1. The summed E-state index contributed by atoms with van der Waals surface area (Å²) in [7, 11) is 0. The lowest BCUT2D eigenvalue weighted by atomic mass is 9.71. The van der Waals surface area contributed by atoms with Gasteiger partial charge in [0.1, 0.15) is 11.6 Å². The van der Waals surface area contributed by atoms with Crippen molar-refractivity contribution >= 4 is 11.5 Å². The van der Waals surface area contributed by atoms with Crippen LogP contribution in [0.1, 0.15) is 49.1 Å². The summed E-state index contributed by atoms with van der Waals surface area (Å²) in [5.41, 5.74) is 4.46. The summed E-state index contributed by atoms with van der Waals surface area (Å²) in [5.74, 6) is 2.32. The maximum atomic E-state index is 11.1. The molecule has 0 bridgehead atoms. The molecule has 6 nitrogen and oxygen atoms in total. The summed E-state index contributed by atoms with van der Waals surface area (Å²) in [6.45, 7) is 7.89. The lowest BCUT2D eigenvalue weighted by molar-refractivity contribution is -0.0614. The van der Waals surface area contributed by atoms with E-state index in [1.165, 1.54) is 6.42 Å². The van der Waals surface area contributed by atoms with E-state index >= 15 is 0 Å². The zero-order valence-corrected chi connectivity index (χ0v) is 16.9. The molecule has 1 N–H and O–H groups in total. The van der Waals surface area contributed by atoms with E-state index in [4.69, 9.17) is 14.5 Å². The van der Waals surface area contributed by atoms with Crippen LogP contribution in [-0.2, 0) is 0 Å². The number of furan rings is 1. The summed E-state index contributed by atoms with van der Waals surface area (Å²) >= 11 is 0. The van der Waals surface area contributed by atoms with E-state index in [1.54, 1.807) is 6.26 Å². The van der Waals surface area contributed by atoms with E-state index in [2.05, 4.69) is 18.7 Å². The highest BCUT2D eigenvalue weighted by atomic mass is 16.3. The topological polar surface area (TPSA) is 66.8 Å². The Morgan fingerprint density at radius 3 is 2.86 bits per heavy atom. The molecule has 148 valence electrons. The molecule has 3 aromatic heterocycles. The fraction of sp³-hybridized carbons (Fsp3) is 0.545. The Bertz CT molecular complexity index is 1040. The molecule has 5 rings (SSSR count). The molecule has 0 radical (unpaired) electrons. The molecule has 3 aromatic rings. The van der Waals surface area contributed by atoms with Gasteiger partial charge in [-0.05, 0) is 46.1 Å². The predicted molar refractivity (Wildman–Crippen MR) is 109 cm³/mol. The second kappa shape index (κ2) is 6.34. The normalized spacial score (nSPS) is 25.3. The van der Waals surface area contributed by atoms with Crippen molar-refractivity contribution in [1.82, 2.24) is 14.6 Å².